The molecule has 3 fully saturated rings. The Morgan fingerprint density at radius 1 is 1.13 bits per heavy atom. The van der Waals surface area contributed by atoms with Crippen LogP contribution in [0.2, 0.25) is 0 Å². The standard InChI is InChI=1S/C21H38N6O2.HI/c1-3-22-21(24-18-8-9-19(28)25(2)16-18)23-10-11-26-12-14-27(15-13-26)20(29)17-6-4-5-7-17;/h17-18H,3-16H2,1-2H3,(H2,22,23,24);1H. The third-order valence-electron chi connectivity index (χ3n) is 6.39. The Labute approximate surface area is 198 Å². The zero-order valence-corrected chi connectivity index (χ0v) is 20.9. The molecule has 2 saturated heterocycles. The molecule has 2 heterocycles. The van der Waals surface area contributed by atoms with E-state index < -0.39 is 0 Å². The molecule has 9 heteroatoms. The number of piperazine rings is 1. The summed E-state index contributed by atoms with van der Waals surface area (Å²) in [6.07, 6.45) is 6.04. The highest BCUT2D eigenvalue weighted by Gasteiger charge is 2.29. The number of guanidine groups is 1. The Morgan fingerprint density at radius 2 is 1.83 bits per heavy atom. The number of halogens is 1. The van der Waals surface area contributed by atoms with Gasteiger partial charge < -0.3 is 20.4 Å². The van der Waals surface area contributed by atoms with Crippen LogP contribution in [0.1, 0.15) is 45.4 Å². The second-order valence-electron chi connectivity index (χ2n) is 8.56. The number of carbonyl (C=O) groups is 2. The number of likely N-dealkylation sites (N-methyl/N-ethyl adjacent to an activating group) is 1. The van der Waals surface area contributed by atoms with E-state index in [1.165, 1.54) is 12.8 Å². The number of amides is 2. The third kappa shape index (κ3) is 7.25. The lowest BCUT2D eigenvalue weighted by Gasteiger charge is -2.35. The second kappa shape index (κ2) is 12.7. The summed E-state index contributed by atoms with van der Waals surface area (Å²) in [6.45, 7) is 8.81. The highest BCUT2D eigenvalue weighted by Crippen LogP contribution is 2.26. The van der Waals surface area contributed by atoms with Crippen molar-refractivity contribution >= 4 is 41.8 Å². The van der Waals surface area contributed by atoms with Crippen LogP contribution in [0.3, 0.4) is 0 Å². The van der Waals surface area contributed by atoms with E-state index >= 15 is 0 Å². The highest BCUT2D eigenvalue weighted by atomic mass is 127. The molecule has 30 heavy (non-hydrogen) atoms. The van der Waals surface area contributed by atoms with Gasteiger partial charge in [0.2, 0.25) is 11.8 Å². The number of hydrogen-bond acceptors (Lipinski definition) is 4. The molecule has 0 aromatic rings. The van der Waals surface area contributed by atoms with Crippen LogP contribution >= 0.6 is 24.0 Å². The van der Waals surface area contributed by atoms with Crippen molar-refractivity contribution in [2.45, 2.75) is 51.5 Å². The van der Waals surface area contributed by atoms with Crippen molar-refractivity contribution in [3.05, 3.63) is 0 Å². The maximum atomic E-state index is 12.6. The van der Waals surface area contributed by atoms with Crippen LogP contribution in [0, 0.1) is 5.92 Å². The van der Waals surface area contributed by atoms with E-state index in [0.29, 0.717) is 12.3 Å². The first-order valence-corrected chi connectivity index (χ1v) is 11.4. The number of likely N-dealkylation sites (tertiary alicyclic amines) is 1. The first-order chi connectivity index (χ1) is 14.1. The Morgan fingerprint density at radius 3 is 2.47 bits per heavy atom. The molecule has 1 aliphatic carbocycles. The minimum atomic E-state index is 0. The van der Waals surface area contributed by atoms with E-state index in [0.717, 1.165) is 77.6 Å². The number of rotatable bonds is 6. The summed E-state index contributed by atoms with van der Waals surface area (Å²) in [4.78, 5) is 35.2. The molecule has 1 atom stereocenters. The summed E-state index contributed by atoms with van der Waals surface area (Å²) in [5.74, 6) is 1.72. The van der Waals surface area contributed by atoms with Gasteiger partial charge in [-0.25, -0.2) is 0 Å². The Hall–Kier alpha value is -1.10. The summed E-state index contributed by atoms with van der Waals surface area (Å²) >= 11 is 0. The van der Waals surface area contributed by atoms with Gasteiger partial charge >= 0.3 is 0 Å². The molecule has 1 saturated carbocycles. The zero-order chi connectivity index (χ0) is 20.6. The van der Waals surface area contributed by atoms with Crippen LogP contribution in [-0.4, -0.2) is 97.9 Å². The fourth-order valence-corrected chi connectivity index (χ4v) is 4.57. The molecule has 2 aliphatic heterocycles. The van der Waals surface area contributed by atoms with Crippen molar-refractivity contribution < 1.29 is 9.59 Å². The Bertz CT molecular complexity index is 588. The van der Waals surface area contributed by atoms with Crippen LogP contribution in [0.4, 0.5) is 0 Å². The molecule has 1 unspecified atom stereocenters. The van der Waals surface area contributed by atoms with E-state index in [9.17, 15) is 9.59 Å². The monoisotopic (exact) mass is 534 g/mol. The SMILES string of the molecule is CCNC(=NCCN1CCN(C(=O)C2CCCC2)CC1)NC1CCC(=O)N(C)C1.I. The lowest BCUT2D eigenvalue weighted by Crippen LogP contribution is -2.52. The molecule has 172 valence electrons. The first-order valence-electron chi connectivity index (χ1n) is 11.4. The van der Waals surface area contributed by atoms with Crippen molar-refractivity contribution in [1.29, 1.82) is 0 Å². The van der Waals surface area contributed by atoms with Crippen molar-refractivity contribution in [2.24, 2.45) is 10.9 Å². The molecule has 0 aromatic carbocycles. The minimum absolute atomic E-state index is 0. The van der Waals surface area contributed by atoms with Gasteiger partial charge in [0.15, 0.2) is 5.96 Å². The molecular formula is C21H39IN6O2. The second-order valence-corrected chi connectivity index (χ2v) is 8.56. The van der Waals surface area contributed by atoms with E-state index in [1.807, 2.05) is 7.05 Å². The summed E-state index contributed by atoms with van der Waals surface area (Å²) in [6, 6.07) is 0.251. The van der Waals surface area contributed by atoms with E-state index in [-0.39, 0.29) is 41.8 Å². The quantitative estimate of drug-likeness (QED) is 0.304. The van der Waals surface area contributed by atoms with Crippen LogP contribution in [0.5, 0.6) is 0 Å². The van der Waals surface area contributed by atoms with E-state index in [2.05, 4.69) is 27.4 Å². The van der Waals surface area contributed by atoms with Gasteiger partial charge in [0.1, 0.15) is 0 Å². The zero-order valence-electron chi connectivity index (χ0n) is 18.6. The van der Waals surface area contributed by atoms with Gasteiger partial charge in [-0.1, -0.05) is 12.8 Å². The Balaban J connectivity index is 0.00000320. The molecule has 0 aromatic heterocycles. The minimum Gasteiger partial charge on any atom is -0.357 e. The number of nitrogens with zero attached hydrogens (tertiary/aromatic N) is 4. The average Bonchev–Trinajstić information content (AvgIpc) is 3.26. The van der Waals surface area contributed by atoms with Crippen LogP contribution < -0.4 is 10.6 Å². The lowest BCUT2D eigenvalue weighted by molar-refractivity contribution is -0.137. The molecule has 2 N–H and O–H groups in total. The van der Waals surface area contributed by atoms with Gasteiger partial charge in [-0.3, -0.25) is 19.5 Å². The van der Waals surface area contributed by atoms with Crippen LogP contribution in [-0.2, 0) is 9.59 Å². The molecule has 0 spiro atoms. The maximum Gasteiger partial charge on any atom is 0.225 e. The third-order valence-corrected chi connectivity index (χ3v) is 6.39. The van der Waals surface area contributed by atoms with Gasteiger partial charge in [-0.15, -0.1) is 24.0 Å². The first kappa shape index (κ1) is 25.2. The molecule has 2 amide bonds. The van der Waals surface area contributed by atoms with Crippen LogP contribution in [0.15, 0.2) is 4.99 Å². The number of hydrogen-bond donors (Lipinski definition) is 2. The summed E-state index contributed by atoms with van der Waals surface area (Å²) in [5.41, 5.74) is 0. The van der Waals surface area contributed by atoms with Crippen molar-refractivity contribution in [2.75, 3.05) is 59.4 Å². The van der Waals surface area contributed by atoms with Gasteiger partial charge in [-0.2, -0.15) is 0 Å². The average molecular weight is 534 g/mol. The highest BCUT2D eigenvalue weighted by molar-refractivity contribution is 14.0. The van der Waals surface area contributed by atoms with Gasteiger partial charge in [0.05, 0.1) is 6.54 Å². The fourth-order valence-electron chi connectivity index (χ4n) is 4.57. The largest absolute Gasteiger partial charge is 0.357 e. The normalized spacial score (nSPS) is 24.0. The van der Waals surface area contributed by atoms with E-state index in [1.54, 1.807) is 4.90 Å². The number of nitrogens with one attached hydrogen (secondary N) is 2. The fraction of sp³-hybridized carbons (Fsp3) is 0.857. The summed E-state index contributed by atoms with van der Waals surface area (Å²) in [7, 11) is 1.86. The Kier molecular flexibility index (Phi) is 10.6. The topological polar surface area (TPSA) is 80.3 Å². The lowest BCUT2D eigenvalue weighted by atomic mass is 10.1. The van der Waals surface area contributed by atoms with Crippen molar-refractivity contribution in [1.82, 2.24) is 25.3 Å². The predicted octanol–water partition coefficient (Wildman–Crippen LogP) is 1.11. The van der Waals surface area contributed by atoms with E-state index in [4.69, 9.17) is 4.99 Å². The molecule has 3 aliphatic rings. The molecule has 0 bridgehead atoms. The van der Waals surface area contributed by atoms with Gasteiger partial charge in [0, 0.05) is 71.2 Å². The smallest absolute Gasteiger partial charge is 0.225 e. The maximum absolute atomic E-state index is 12.6. The molecular weight excluding hydrogens is 495 g/mol. The van der Waals surface area contributed by atoms with Gasteiger partial charge in [-0.05, 0) is 26.2 Å². The number of carbonyl (C=O) groups excluding carboxylic acids is 2. The number of aliphatic imine (C=N–C) groups is 1. The molecule has 3 rings (SSSR count). The summed E-state index contributed by atoms with van der Waals surface area (Å²) in [5, 5.41) is 6.78. The molecule has 0 radical (unpaired) electrons. The molecule has 8 nitrogen and oxygen atoms in total. The van der Waals surface area contributed by atoms with Gasteiger partial charge in [0.25, 0.3) is 0 Å². The van der Waals surface area contributed by atoms with Crippen LogP contribution in [0.25, 0.3) is 0 Å². The summed E-state index contributed by atoms with van der Waals surface area (Å²) < 4.78 is 0. The number of piperidine rings is 1. The van der Waals surface area contributed by atoms with Crippen molar-refractivity contribution in [3.8, 4) is 0 Å². The predicted molar refractivity (Wildman–Crippen MR) is 130 cm³/mol. The van der Waals surface area contributed by atoms with Crippen molar-refractivity contribution in [3.63, 3.8) is 0 Å².